The molecule has 0 radical (unpaired) electrons. The lowest BCUT2D eigenvalue weighted by Gasteiger charge is -2.07. The fourth-order valence-electron chi connectivity index (χ4n) is 3.18. The van der Waals surface area contributed by atoms with Gasteiger partial charge in [-0.05, 0) is 67.9 Å². The first-order chi connectivity index (χ1) is 13.0. The van der Waals surface area contributed by atoms with E-state index in [1.807, 2.05) is 55.1 Å². The summed E-state index contributed by atoms with van der Waals surface area (Å²) in [5, 5.41) is 14.2. The van der Waals surface area contributed by atoms with Crippen molar-refractivity contribution in [3.05, 3.63) is 72.2 Å². The van der Waals surface area contributed by atoms with E-state index in [-0.39, 0.29) is 5.75 Å². The van der Waals surface area contributed by atoms with Crippen molar-refractivity contribution in [1.82, 2.24) is 19.7 Å². The Bertz CT molecular complexity index is 1110. The topological polar surface area (TPSA) is 63.8 Å². The molecule has 0 fully saturated rings. The number of rotatable bonds is 3. The lowest BCUT2D eigenvalue weighted by atomic mass is 10.00. The van der Waals surface area contributed by atoms with E-state index in [4.69, 9.17) is 5.10 Å². The van der Waals surface area contributed by atoms with Gasteiger partial charge in [-0.25, -0.2) is 0 Å². The summed E-state index contributed by atoms with van der Waals surface area (Å²) in [6, 6.07) is 17.1. The van der Waals surface area contributed by atoms with Crippen LogP contribution in [-0.4, -0.2) is 24.9 Å². The third kappa shape index (κ3) is 3.19. The molecule has 0 unspecified atom stereocenters. The normalized spacial score (nSPS) is 10.9. The number of benzene rings is 1. The van der Waals surface area contributed by atoms with Gasteiger partial charge in [-0.2, -0.15) is 5.10 Å². The summed E-state index contributed by atoms with van der Waals surface area (Å²) in [5.74, 6) is 0.241. The molecule has 0 bridgehead atoms. The molecule has 3 aromatic heterocycles. The highest BCUT2D eigenvalue weighted by Crippen LogP contribution is 2.34. The second-order valence-electron chi connectivity index (χ2n) is 6.57. The number of hydrogen-bond donors (Lipinski definition) is 1. The highest BCUT2D eigenvalue weighted by Gasteiger charge is 2.18. The van der Waals surface area contributed by atoms with Gasteiger partial charge in [-0.15, -0.1) is 0 Å². The van der Waals surface area contributed by atoms with E-state index in [0.717, 1.165) is 45.2 Å². The van der Waals surface area contributed by atoms with Crippen molar-refractivity contribution in [3.63, 3.8) is 0 Å². The molecule has 1 aromatic carbocycles. The third-order valence-corrected chi connectivity index (χ3v) is 4.68. The highest BCUT2D eigenvalue weighted by molar-refractivity contribution is 5.83. The van der Waals surface area contributed by atoms with Crippen LogP contribution in [0.15, 0.2) is 60.8 Å². The van der Waals surface area contributed by atoms with E-state index in [0.29, 0.717) is 0 Å². The van der Waals surface area contributed by atoms with Crippen LogP contribution in [0.1, 0.15) is 11.4 Å². The summed E-state index contributed by atoms with van der Waals surface area (Å²) >= 11 is 0. The van der Waals surface area contributed by atoms with Gasteiger partial charge in [-0.1, -0.05) is 6.07 Å². The molecule has 0 aliphatic rings. The van der Waals surface area contributed by atoms with Gasteiger partial charge in [0.15, 0.2) is 0 Å². The lowest BCUT2D eigenvalue weighted by molar-refractivity contribution is 0.475. The summed E-state index contributed by atoms with van der Waals surface area (Å²) in [7, 11) is 1.94. The SMILES string of the molecule is Cc1cccc(-c2nn(C)c(C)c2-c2ccnc(-c3ccc(O)cc3)c2)n1. The molecular weight excluding hydrogens is 336 g/mol. The monoisotopic (exact) mass is 356 g/mol. The Morgan fingerprint density at radius 1 is 0.889 bits per heavy atom. The van der Waals surface area contributed by atoms with Gasteiger partial charge in [0, 0.05) is 35.8 Å². The second kappa shape index (κ2) is 6.68. The fraction of sp³-hybridized carbons (Fsp3) is 0.136. The molecule has 0 aliphatic heterocycles. The van der Waals surface area contributed by atoms with Crippen LogP contribution >= 0.6 is 0 Å². The summed E-state index contributed by atoms with van der Waals surface area (Å²) < 4.78 is 1.88. The Kier molecular flexibility index (Phi) is 4.20. The summed E-state index contributed by atoms with van der Waals surface area (Å²) in [5.41, 5.74) is 7.64. The van der Waals surface area contributed by atoms with Crippen LogP contribution in [0.4, 0.5) is 0 Å². The third-order valence-electron chi connectivity index (χ3n) is 4.68. The Balaban J connectivity index is 1.87. The van der Waals surface area contributed by atoms with E-state index in [9.17, 15) is 5.11 Å². The molecule has 0 atom stereocenters. The maximum absolute atomic E-state index is 9.52. The molecule has 0 saturated carbocycles. The summed E-state index contributed by atoms with van der Waals surface area (Å²) in [6.45, 7) is 4.04. The van der Waals surface area contributed by atoms with Gasteiger partial charge in [0.25, 0.3) is 0 Å². The van der Waals surface area contributed by atoms with Crippen molar-refractivity contribution in [3.8, 4) is 39.5 Å². The molecule has 27 heavy (non-hydrogen) atoms. The predicted molar refractivity (Wildman–Crippen MR) is 106 cm³/mol. The first-order valence-electron chi connectivity index (χ1n) is 8.76. The molecule has 1 N–H and O–H groups in total. The van der Waals surface area contributed by atoms with Crippen molar-refractivity contribution in [2.45, 2.75) is 13.8 Å². The molecule has 0 amide bonds. The quantitative estimate of drug-likeness (QED) is 0.586. The van der Waals surface area contributed by atoms with Crippen LogP contribution in [0.3, 0.4) is 0 Å². The second-order valence-corrected chi connectivity index (χ2v) is 6.57. The summed E-state index contributed by atoms with van der Waals surface area (Å²) in [4.78, 5) is 9.15. The van der Waals surface area contributed by atoms with Crippen molar-refractivity contribution in [2.24, 2.45) is 7.05 Å². The summed E-state index contributed by atoms with van der Waals surface area (Å²) in [6.07, 6.45) is 1.80. The van der Waals surface area contributed by atoms with Crippen molar-refractivity contribution in [2.75, 3.05) is 0 Å². The maximum Gasteiger partial charge on any atom is 0.119 e. The molecule has 5 heteroatoms. The number of phenols is 1. The van der Waals surface area contributed by atoms with Crippen molar-refractivity contribution in [1.29, 1.82) is 0 Å². The molecule has 0 saturated heterocycles. The molecule has 3 heterocycles. The average Bonchev–Trinajstić information content (AvgIpc) is 2.97. The standard InChI is InChI=1S/C22H20N4O/c1-14-5-4-6-19(24-14)22-21(15(2)26(3)25-22)17-11-12-23-20(13-17)16-7-9-18(27)10-8-16/h4-13,27H,1-3H3. The zero-order chi connectivity index (χ0) is 19.0. The van der Waals surface area contributed by atoms with Crippen LogP contribution in [0.2, 0.25) is 0 Å². The molecule has 4 rings (SSSR count). The van der Waals surface area contributed by atoms with Gasteiger partial charge in [0.1, 0.15) is 11.4 Å². The van der Waals surface area contributed by atoms with E-state index in [1.54, 1.807) is 18.3 Å². The number of aromatic hydroxyl groups is 1. The molecular formula is C22H20N4O. The van der Waals surface area contributed by atoms with Gasteiger partial charge in [-0.3, -0.25) is 14.6 Å². The molecule has 0 aliphatic carbocycles. The van der Waals surface area contributed by atoms with Crippen LogP contribution in [0.5, 0.6) is 5.75 Å². The van der Waals surface area contributed by atoms with Gasteiger partial charge < -0.3 is 5.11 Å². The molecule has 4 aromatic rings. The first-order valence-corrected chi connectivity index (χ1v) is 8.76. The van der Waals surface area contributed by atoms with Crippen LogP contribution in [0.25, 0.3) is 33.8 Å². The first kappa shape index (κ1) is 17.0. The van der Waals surface area contributed by atoms with Crippen LogP contribution < -0.4 is 0 Å². The number of pyridine rings is 2. The Labute approximate surface area is 158 Å². The molecule has 134 valence electrons. The Hall–Kier alpha value is -3.47. The fourth-order valence-corrected chi connectivity index (χ4v) is 3.18. The van der Waals surface area contributed by atoms with Gasteiger partial charge in [0.05, 0.1) is 11.4 Å². The minimum atomic E-state index is 0.241. The van der Waals surface area contributed by atoms with E-state index in [1.165, 1.54) is 0 Å². The van der Waals surface area contributed by atoms with Crippen molar-refractivity contribution >= 4 is 0 Å². The lowest BCUT2D eigenvalue weighted by Crippen LogP contribution is -1.93. The largest absolute Gasteiger partial charge is 0.508 e. The van der Waals surface area contributed by atoms with E-state index >= 15 is 0 Å². The predicted octanol–water partition coefficient (Wildman–Crippen LogP) is 4.53. The van der Waals surface area contributed by atoms with Crippen molar-refractivity contribution < 1.29 is 5.11 Å². The molecule has 5 nitrogen and oxygen atoms in total. The number of hydrogen-bond acceptors (Lipinski definition) is 4. The number of aromatic nitrogens is 4. The number of nitrogens with zero attached hydrogens (tertiary/aromatic N) is 4. The van der Waals surface area contributed by atoms with E-state index < -0.39 is 0 Å². The Morgan fingerprint density at radius 3 is 2.41 bits per heavy atom. The zero-order valence-corrected chi connectivity index (χ0v) is 15.5. The highest BCUT2D eigenvalue weighted by atomic mass is 16.3. The average molecular weight is 356 g/mol. The zero-order valence-electron chi connectivity index (χ0n) is 15.5. The number of phenolic OH excluding ortho intramolecular Hbond substituents is 1. The maximum atomic E-state index is 9.52. The Morgan fingerprint density at radius 2 is 1.67 bits per heavy atom. The van der Waals surface area contributed by atoms with Gasteiger partial charge in [0.2, 0.25) is 0 Å². The molecule has 0 spiro atoms. The minimum Gasteiger partial charge on any atom is -0.508 e. The number of aryl methyl sites for hydroxylation is 2. The smallest absolute Gasteiger partial charge is 0.119 e. The van der Waals surface area contributed by atoms with Crippen LogP contribution in [0, 0.1) is 13.8 Å². The van der Waals surface area contributed by atoms with Gasteiger partial charge >= 0.3 is 0 Å². The van der Waals surface area contributed by atoms with E-state index in [2.05, 4.69) is 23.0 Å². The van der Waals surface area contributed by atoms with Crippen LogP contribution in [-0.2, 0) is 7.05 Å². The minimum absolute atomic E-state index is 0.241.